The van der Waals surface area contributed by atoms with Gasteiger partial charge in [-0.05, 0) is 38.1 Å². The van der Waals surface area contributed by atoms with Crippen LogP contribution in [0.3, 0.4) is 0 Å². The molecule has 0 unspecified atom stereocenters. The Hall–Kier alpha value is -3.32. The van der Waals surface area contributed by atoms with E-state index in [0.717, 1.165) is 0 Å². The van der Waals surface area contributed by atoms with E-state index in [4.69, 9.17) is 18.6 Å². The minimum atomic E-state index is -0.422. The molecule has 0 bridgehead atoms. The molecule has 0 spiro atoms. The molecule has 1 aliphatic heterocycles. The predicted octanol–water partition coefficient (Wildman–Crippen LogP) is 3.83. The standard InChI is InChI=1S/C23H23NO6/c1-14-16(23(26)27-3)5-4-6-19(14)29-20-8-7-17-18(25)13-21(30-22(17)15(20)2)24-9-11-28-12-10-24/h4-8,13H,9-12H2,1-3H3. The zero-order valence-electron chi connectivity index (χ0n) is 17.2. The highest BCUT2D eigenvalue weighted by Crippen LogP contribution is 2.34. The van der Waals surface area contributed by atoms with Gasteiger partial charge in [0.05, 0.1) is 31.3 Å². The van der Waals surface area contributed by atoms with E-state index < -0.39 is 5.97 Å². The summed E-state index contributed by atoms with van der Waals surface area (Å²) < 4.78 is 22.4. The van der Waals surface area contributed by atoms with Gasteiger partial charge in [-0.3, -0.25) is 4.79 Å². The molecular weight excluding hydrogens is 386 g/mol. The van der Waals surface area contributed by atoms with Crippen LogP contribution in [0, 0.1) is 13.8 Å². The van der Waals surface area contributed by atoms with Gasteiger partial charge < -0.3 is 23.5 Å². The van der Waals surface area contributed by atoms with Crippen molar-refractivity contribution in [3.63, 3.8) is 0 Å². The lowest BCUT2D eigenvalue weighted by Gasteiger charge is -2.27. The van der Waals surface area contributed by atoms with Crippen LogP contribution >= 0.6 is 0 Å². The SMILES string of the molecule is COC(=O)c1cccc(Oc2ccc3c(=O)cc(N4CCOCC4)oc3c2C)c1C. The van der Waals surface area contributed by atoms with Crippen molar-refractivity contribution < 1.29 is 23.4 Å². The number of morpholine rings is 1. The number of nitrogens with zero attached hydrogens (tertiary/aromatic N) is 1. The summed E-state index contributed by atoms with van der Waals surface area (Å²) in [5.41, 5.74) is 2.21. The third-order valence-electron chi connectivity index (χ3n) is 5.31. The van der Waals surface area contributed by atoms with Gasteiger partial charge in [-0.25, -0.2) is 4.79 Å². The molecule has 0 amide bonds. The third kappa shape index (κ3) is 3.64. The highest BCUT2D eigenvalue weighted by atomic mass is 16.5. The Balaban J connectivity index is 1.75. The fraction of sp³-hybridized carbons (Fsp3) is 0.304. The van der Waals surface area contributed by atoms with Gasteiger partial charge >= 0.3 is 5.97 Å². The molecule has 2 heterocycles. The van der Waals surface area contributed by atoms with Crippen LogP contribution in [0.4, 0.5) is 5.88 Å². The number of aryl methyl sites for hydroxylation is 1. The smallest absolute Gasteiger partial charge is 0.338 e. The van der Waals surface area contributed by atoms with Crippen molar-refractivity contribution in [1.82, 2.24) is 0 Å². The molecule has 156 valence electrons. The summed E-state index contributed by atoms with van der Waals surface area (Å²) in [6, 6.07) is 10.2. The fourth-order valence-corrected chi connectivity index (χ4v) is 3.55. The monoisotopic (exact) mass is 409 g/mol. The van der Waals surface area contributed by atoms with Gasteiger partial charge in [0.15, 0.2) is 11.3 Å². The molecule has 0 N–H and O–H groups in total. The van der Waals surface area contributed by atoms with Gasteiger partial charge in [0.25, 0.3) is 0 Å². The molecule has 4 rings (SSSR count). The quantitative estimate of drug-likeness (QED) is 0.606. The zero-order valence-corrected chi connectivity index (χ0v) is 17.2. The Morgan fingerprint density at radius 2 is 1.77 bits per heavy atom. The van der Waals surface area contributed by atoms with Gasteiger partial charge in [0.2, 0.25) is 0 Å². The molecule has 0 aliphatic carbocycles. The molecule has 1 saturated heterocycles. The molecule has 30 heavy (non-hydrogen) atoms. The zero-order chi connectivity index (χ0) is 21.3. The number of hydrogen-bond acceptors (Lipinski definition) is 7. The van der Waals surface area contributed by atoms with Crippen LogP contribution in [0.5, 0.6) is 11.5 Å². The van der Waals surface area contributed by atoms with Crippen molar-refractivity contribution in [3.8, 4) is 11.5 Å². The first kappa shape index (κ1) is 20.0. The van der Waals surface area contributed by atoms with Crippen molar-refractivity contribution in [2.24, 2.45) is 0 Å². The van der Waals surface area contributed by atoms with Crippen LogP contribution in [0.15, 0.2) is 45.6 Å². The van der Waals surface area contributed by atoms with E-state index in [2.05, 4.69) is 0 Å². The lowest BCUT2D eigenvalue weighted by atomic mass is 10.1. The van der Waals surface area contributed by atoms with Gasteiger partial charge in [-0.15, -0.1) is 0 Å². The topological polar surface area (TPSA) is 78.2 Å². The van der Waals surface area contributed by atoms with Crippen molar-refractivity contribution in [2.75, 3.05) is 38.3 Å². The van der Waals surface area contributed by atoms with E-state index in [-0.39, 0.29) is 5.43 Å². The normalized spacial score (nSPS) is 14.0. The third-order valence-corrected chi connectivity index (χ3v) is 5.31. The van der Waals surface area contributed by atoms with Crippen molar-refractivity contribution in [2.45, 2.75) is 13.8 Å². The number of rotatable bonds is 4. The van der Waals surface area contributed by atoms with E-state index in [9.17, 15) is 9.59 Å². The summed E-state index contributed by atoms with van der Waals surface area (Å²) >= 11 is 0. The lowest BCUT2D eigenvalue weighted by Crippen LogP contribution is -2.36. The van der Waals surface area contributed by atoms with Crippen molar-refractivity contribution in [3.05, 3.63) is 63.3 Å². The van der Waals surface area contributed by atoms with Crippen molar-refractivity contribution >= 4 is 22.8 Å². The second kappa shape index (κ2) is 8.20. The number of carbonyl (C=O) groups is 1. The number of carbonyl (C=O) groups excluding carboxylic acids is 1. The van der Waals surface area contributed by atoms with Gasteiger partial charge in [0.1, 0.15) is 17.1 Å². The predicted molar refractivity (Wildman–Crippen MR) is 113 cm³/mol. The van der Waals surface area contributed by atoms with Crippen LogP contribution in [-0.4, -0.2) is 39.4 Å². The minimum absolute atomic E-state index is 0.101. The molecule has 1 aliphatic rings. The Morgan fingerprint density at radius 3 is 2.50 bits per heavy atom. The number of hydrogen-bond donors (Lipinski definition) is 0. The maximum atomic E-state index is 12.7. The first-order valence-corrected chi connectivity index (χ1v) is 9.75. The highest BCUT2D eigenvalue weighted by molar-refractivity contribution is 5.91. The molecule has 2 aromatic carbocycles. The lowest BCUT2D eigenvalue weighted by molar-refractivity contribution is 0.0599. The second-order valence-electron chi connectivity index (χ2n) is 7.14. The van der Waals surface area contributed by atoms with Crippen LogP contribution in [0.2, 0.25) is 0 Å². The Bertz CT molecular complexity index is 1160. The average molecular weight is 409 g/mol. The number of fused-ring (bicyclic) bond motifs is 1. The number of anilines is 1. The first-order valence-electron chi connectivity index (χ1n) is 9.75. The van der Waals surface area contributed by atoms with Gasteiger partial charge in [-0.1, -0.05) is 6.07 Å². The maximum absolute atomic E-state index is 12.7. The number of ether oxygens (including phenoxy) is 3. The summed E-state index contributed by atoms with van der Waals surface area (Å²) in [7, 11) is 1.34. The summed E-state index contributed by atoms with van der Waals surface area (Å²) in [6.07, 6.45) is 0. The molecule has 1 fully saturated rings. The van der Waals surface area contributed by atoms with Crippen LogP contribution in [0.1, 0.15) is 21.5 Å². The molecule has 7 nitrogen and oxygen atoms in total. The second-order valence-corrected chi connectivity index (χ2v) is 7.14. The summed E-state index contributed by atoms with van der Waals surface area (Å²) in [5.74, 6) is 1.19. The summed E-state index contributed by atoms with van der Waals surface area (Å²) in [6.45, 7) is 6.18. The van der Waals surface area contributed by atoms with Crippen LogP contribution in [0.25, 0.3) is 11.0 Å². The van der Waals surface area contributed by atoms with E-state index in [1.165, 1.54) is 13.2 Å². The molecule has 3 aromatic rings. The largest absolute Gasteiger partial charge is 0.465 e. The van der Waals surface area contributed by atoms with E-state index in [1.54, 1.807) is 37.3 Å². The molecule has 0 atom stereocenters. The molecule has 0 saturated carbocycles. The van der Waals surface area contributed by atoms with E-state index in [0.29, 0.717) is 71.3 Å². The summed E-state index contributed by atoms with van der Waals surface area (Å²) in [4.78, 5) is 26.6. The van der Waals surface area contributed by atoms with Crippen LogP contribution < -0.4 is 15.1 Å². The minimum Gasteiger partial charge on any atom is -0.465 e. The van der Waals surface area contributed by atoms with Crippen LogP contribution in [-0.2, 0) is 9.47 Å². The van der Waals surface area contributed by atoms with E-state index >= 15 is 0 Å². The Kier molecular flexibility index (Phi) is 5.46. The summed E-state index contributed by atoms with van der Waals surface area (Å²) in [5, 5.41) is 0.497. The molecule has 1 aromatic heterocycles. The highest BCUT2D eigenvalue weighted by Gasteiger charge is 2.19. The Labute approximate surface area is 173 Å². The number of methoxy groups -OCH3 is 1. The maximum Gasteiger partial charge on any atom is 0.338 e. The average Bonchev–Trinajstić information content (AvgIpc) is 2.77. The molecular formula is C23H23NO6. The molecule has 7 heteroatoms. The van der Waals surface area contributed by atoms with Crippen molar-refractivity contribution in [1.29, 1.82) is 0 Å². The number of benzene rings is 2. The molecule has 0 radical (unpaired) electrons. The fourth-order valence-electron chi connectivity index (χ4n) is 3.55. The Morgan fingerprint density at radius 1 is 1.03 bits per heavy atom. The first-order chi connectivity index (χ1) is 14.5. The number of esters is 1. The van der Waals surface area contributed by atoms with Gasteiger partial charge in [-0.2, -0.15) is 0 Å². The van der Waals surface area contributed by atoms with E-state index in [1.807, 2.05) is 11.8 Å². The van der Waals surface area contributed by atoms with Gasteiger partial charge in [0, 0.05) is 30.3 Å².